The Hall–Kier alpha value is -1.42. The number of hydrazine groups is 1. The average Bonchev–Trinajstić information content (AvgIpc) is 2.11. The van der Waals surface area contributed by atoms with Gasteiger partial charge in [0.1, 0.15) is 5.75 Å². The van der Waals surface area contributed by atoms with E-state index in [2.05, 4.69) is 5.43 Å². The number of nitrogens with zero attached hydrogens (tertiary/aromatic N) is 1. The Kier molecular flexibility index (Phi) is 3.59. The summed E-state index contributed by atoms with van der Waals surface area (Å²) in [6.07, 6.45) is 0. The Morgan fingerprint density at radius 2 is 2.14 bits per heavy atom. The molecule has 0 saturated carbocycles. The second kappa shape index (κ2) is 4.72. The third kappa shape index (κ3) is 2.53. The summed E-state index contributed by atoms with van der Waals surface area (Å²) in [6, 6.07) is 5.69. The molecule has 1 rings (SSSR count). The van der Waals surface area contributed by atoms with Gasteiger partial charge in [-0.15, -0.1) is 0 Å². The van der Waals surface area contributed by atoms with Crippen LogP contribution in [0.2, 0.25) is 0 Å². The Labute approximate surface area is 84.6 Å². The molecule has 0 atom stereocenters. The fourth-order valence-corrected chi connectivity index (χ4v) is 1.16. The van der Waals surface area contributed by atoms with Crippen LogP contribution in [0.4, 0.5) is 11.4 Å². The van der Waals surface area contributed by atoms with Crippen molar-refractivity contribution in [2.45, 2.75) is 6.92 Å². The number of nitrogens with two attached hydrogens (primary N) is 1. The fraction of sp³-hybridized carbons (Fsp3) is 0.400. The highest BCUT2D eigenvalue weighted by atomic mass is 16.5. The van der Waals surface area contributed by atoms with E-state index in [0.717, 1.165) is 11.4 Å². The van der Waals surface area contributed by atoms with Crippen LogP contribution in [0.25, 0.3) is 0 Å². The minimum Gasteiger partial charge on any atom is -0.492 e. The first-order valence-corrected chi connectivity index (χ1v) is 4.60. The zero-order valence-corrected chi connectivity index (χ0v) is 8.87. The highest BCUT2D eigenvalue weighted by molar-refractivity contribution is 5.72. The van der Waals surface area contributed by atoms with Crippen LogP contribution in [-0.2, 0) is 0 Å². The predicted molar refractivity (Wildman–Crippen MR) is 59.3 cm³/mol. The Morgan fingerprint density at radius 1 is 1.43 bits per heavy atom. The lowest BCUT2D eigenvalue weighted by Crippen LogP contribution is -2.20. The van der Waals surface area contributed by atoms with Crippen LogP contribution in [0.3, 0.4) is 0 Å². The maximum absolute atomic E-state index is 5.90. The van der Waals surface area contributed by atoms with Crippen LogP contribution >= 0.6 is 0 Å². The van der Waals surface area contributed by atoms with E-state index < -0.39 is 0 Å². The number of rotatable bonds is 4. The second-order valence-corrected chi connectivity index (χ2v) is 3.16. The number of ether oxygens (including phenoxy) is 1. The molecule has 78 valence electrons. The number of hydrogen-bond donors (Lipinski definition) is 2. The molecule has 1 aromatic carbocycles. The van der Waals surface area contributed by atoms with Crippen LogP contribution in [-0.4, -0.2) is 25.7 Å². The third-order valence-electron chi connectivity index (χ3n) is 1.71. The Bertz CT molecular complexity index is 299. The van der Waals surface area contributed by atoms with E-state index in [9.17, 15) is 0 Å². The van der Waals surface area contributed by atoms with E-state index in [-0.39, 0.29) is 0 Å². The van der Waals surface area contributed by atoms with E-state index in [1.165, 1.54) is 0 Å². The molecular formula is C10H17N3O. The number of anilines is 2. The zero-order chi connectivity index (χ0) is 10.6. The largest absolute Gasteiger partial charge is 0.492 e. The smallest absolute Gasteiger partial charge is 0.144 e. The maximum Gasteiger partial charge on any atom is 0.144 e. The molecule has 4 nitrogen and oxygen atoms in total. The fourth-order valence-electron chi connectivity index (χ4n) is 1.16. The van der Waals surface area contributed by atoms with Gasteiger partial charge in [-0.3, -0.25) is 0 Å². The summed E-state index contributed by atoms with van der Waals surface area (Å²) in [5.74, 6) is 0.722. The molecule has 0 aliphatic heterocycles. The van der Waals surface area contributed by atoms with Gasteiger partial charge in [0, 0.05) is 14.1 Å². The molecule has 3 N–H and O–H groups in total. The Morgan fingerprint density at radius 3 is 2.71 bits per heavy atom. The summed E-state index contributed by atoms with van der Waals surface area (Å²) in [5.41, 5.74) is 10.5. The minimum absolute atomic E-state index is 0.621. The minimum atomic E-state index is 0.621. The zero-order valence-electron chi connectivity index (χ0n) is 8.87. The average molecular weight is 195 g/mol. The summed E-state index contributed by atoms with van der Waals surface area (Å²) in [7, 11) is 3.82. The van der Waals surface area contributed by atoms with Crippen molar-refractivity contribution in [3.05, 3.63) is 18.2 Å². The van der Waals surface area contributed by atoms with Crippen molar-refractivity contribution in [3.63, 3.8) is 0 Å². The Balaban J connectivity index is 2.89. The van der Waals surface area contributed by atoms with Crippen molar-refractivity contribution in [1.29, 1.82) is 0 Å². The van der Waals surface area contributed by atoms with Crippen molar-refractivity contribution in [3.8, 4) is 5.75 Å². The molecule has 0 saturated heterocycles. The maximum atomic E-state index is 5.90. The van der Waals surface area contributed by atoms with E-state index in [4.69, 9.17) is 10.5 Å². The molecule has 4 heteroatoms. The molecule has 0 radical (unpaired) electrons. The normalized spacial score (nSPS) is 10.3. The van der Waals surface area contributed by atoms with E-state index >= 15 is 0 Å². The SMILES string of the molecule is CCOc1cccc(NN(C)C)c1N. The van der Waals surface area contributed by atoms with E-state index in [1.54, 1.807) is 0 Å². The molecule has 14 heavy (non-hydrogen) atoms. The van der Waals surface area contributed by atoms with Crippen molar-refractivity contribution >= 4 is 11.4 Å². The van der Waals surface area contributed by atoms with Crippen LogP contribution in [0.15, 0.2) is 18.2 Å². The summed E-state index contributed by atoms with van der Waals surface area (Å²) < 4.78 is 5.38. The number of nitrogen functional groups attached to an aromatic ring is 1. The quantitative estimate of drug-likeness (QED) is 0.565. The highest BCUT2D eigenvalue weighted by Crippen LogP contribution is 2.29. The first-order chi connectivity index (χ1) is 6.65. The van der Waals surface area contributed by atoms with Gasteiger partial charge in [-0.2, -0.15) is 0 Å². The summed E-state index contributed by atoms with van der Waals surface area (Å²) in [6.45, 7) is 2.56. The van der Waals surface area contributed by atoms with Crippen LogP contribution < -0.4 is 15.9 Å². The van der Waals surface area contributed by atoms with Gasteiger partial charge in [-0.1, -0.05) is 6.07 Å². The van der Waals surface area contributed by atoms with Gasteiger partial charge in [0.25, 0.3) is 0 Å². The van der Waals surface area contributed by atoms with Gasteiger partial charge in [-0.25, -0.2) is 5.01 Å². The number of nitrogens with one attached hydrogen (secondary N) is 1. The molecule has 0 aromatic heterocycles. The van der Waals surface area contributed by atoms with Crippen LogP contribution in [0, 0.1) is 0 Å². The molecule has 0 aliphatic rings. The lowest BCUT2D eigenvalue weighted by atomic mass is 10.2. The van der Waals surface area contributed by atoms with E-state index in [0.29, 0.717) is 12.3 Å². The standard InChI is InChI=1S/C10H17N3O/c1-4-14-9-7-5-6-8(10(9)11)12-13(2)3/h5-7,12H,4,11H2,1-3H3. The molecule has 1 aromatic rings. The summed E-state index contributed by atoms with van der Waals surface area (Å²) in [4.78, 5) is 0. The van der Waals surface area contributed by atoms with Gasteiger partial charge in [0.2, 0.25) is 0 Å². The molecule has 0 aliphatic carbocycles. The predicted octanol–water partition coefficient (Wildman–Crippen LogP) is 1.56. The van der Waals surface area contributed by atoms with Gasteiger partial charge in [0.15, 0.2) is 0 Å². The van der Waals surface area contributed by atoms with Gasteiger partial charge >= 0.3 is 0 Å². The number of para-hydroxylation sites is 1. The lowest BCUT2D eigenvalue weighted by molar-refractivity contribution is 0.342. The van der Waals surface area contributed by atoms with Gasteiger partial charge < -0.3 is 15.9 Å². The molecule has 0 amide bonds. The number of benzene rings is 1. The van der Waals surface area contributed by atoms with Crippen molar-refractivity contribution in [1.82, 2.24) is 5.01 Å². The molecule has 0 fully saturated rings. The van der Waals surface area contributed by atoms with Gasteiger partial charge in [-0.05, 0) is 19.1 Å². The lowest BCUT2D eigenvalue weighted by Gasteiger charge is -2.17. The van der Waals surface area contributed by atoms with Gasteiger partial charge in [0.05, 0.1) is 18.0 Å². The van der Waals surface area contributed by atoms with Crippen molar-refractivity contribution in [2.75, 3.05) is 31.9 Å². The van der Waals surface area contributed by atoms with Crippen molar-refractivity contribution in [2.24, 2.45) is 0 Å². The first-order valence-electron chi connectivity index (χ1n) is 4.60. The molecular weight excluding hydrogens is 178 g/mol. The molecule has 0 bridgehead atoms. The van der Waals surface area contributed by atoms with E-state index in [1.807, 2.05) is 44.2 Å². The topological polar surface area (TPSA) is 50.5 Å². The third-order valence-corrected chi connectivity index (χ3v) is 1.71. The number of hydrogen-bond acceptors (Lipinski definition) is 4. The molecule has 0 spiro atoms. The highest BCUT2D eigenvalue weighted by Gasteiger charge is 2.05. The van der Waals surface area contributed by atoms with Crippen LogP contribution in [0.1, 0.15) is 6.92 Å². The summed E-state index contributed by atoms with van der Waals surface area (Å²) in [5, 5.41) is 1.83. The molecule has 0 unspecified atom stereocenters. The first kappa shape index (κ1) is 10.7. The second-order valence-electron chi connectivity index (χ2n) is 3.16. The van der Waals surface area contributed by atoms with Crippen LogP contribution in [0.5, 0.6) is 5.75 Å². The summed E-state index contributed by atoms with van der Waals surface area (Å²) >= 11 is 0. The monoisotopic (exact) mass is 195 g/mol. The molecule has 0 heterocycles. The van der Waals surface area contributed by atoms with Crippen molar-refractivity contribution < 1.29 is 4.74 Å².